The molecule has 0 unspecified atom stereocenters. The van der Waals surface area contributed by atoms with Gasteiger partial charge in [-0.2, -0.15) is 10.4 Å². The van der Waals surface area contributed by atoms with Crippen LogP contribution >= 0.6 is 11.8 Å². The van der Waals surface area contributed by atoms with Crippen LogP contribution in [0, 0.1) is 11.3 Å². The summed E-state index contributed by atoms with van der Waals surface area (Å²) >= 11 is 1.53. The highest BCUT2D eigenvalue weighted by Crippen LogP contribution is 2.20. The Morgan fingerprint density at radius 2 is 2.23 bits per heavy atom. The molecule has 0 aliphatic heterocycles. The van der Waals surface area contributed by atoms with Gasteiger partial charge in [-0.15, -0.1) is 11.8 Å². The second kappa shape index (κ2) is 8.32. The lowest BCUT2D eigenvalue weighted by Gasteiger charge is -2.06. The molecule has 1 amide bonds. The standard InChI is InChI=1S/C19H17N5OS/c1-2-26-19-17(7-4-8-21-19)18(25)23-16-11-22-24(13-16)12-15-6-3-5-14(9-15)10-20/h3-9,11,13H,2,12H2,1H3,(H,23,25). The van der Waals surface area contributed by atoms with Gasteiger partial charge >= 0.3 is 0 Å². The highest BCUT2D eigenvalue weighted by Gasteiger charge is 2.13. The first kappa shape index (κ1) is 17.7. The van der Waals surface area contributed by atoms with Crippen LogP contribution < -0.4 is 5.32 Å². The summed E-state index contributed by atoms with van der Waals surface area (Å²) in [5, 5.41) is 16.8. The zero-order valence-corrected chi connectivity index (χ0v) is 15.0. The predicted molar refractivity (Wildman–Crippen MR) is 101 cm³/mol. The second-order valence-electron chi connectivity index (χ2n) is 5.48. The van der Waals surface area contributed by atoms with Crippen molar-refractivity contribution in [1.82, 2.24) is 14.8 Å². The van der Waals surface area contributed by atoms with Gasteiger partial charge in [0.1, 0.15) is 5.03 Å². The van der Waals surface area contributed by atoms with Crippen molar-refractivity contribution in [2.45, 2.75) is 18.5 Å². The van der Waals surface area contributed by atoms with Gasteiger partial charge in [-0.3, -0.25) is 9.48 Å². The normalized spacial score (nSPS) is 10.3. The molecule has 26 heavy (non-hydrogen) atoms. The minimum Gasteiger partial charge on any atom is -0.319 e. The topological polar surface area (TPSA) is 83.6 Å². The minimum absolute atomic E-state index is 0.208. The van der Waals surface area contributed by atoms with Crippen molar-refractivity contribution in [2.75, 3.05) is 11.1 Å². The van der Waals surface area contributed by atoms with Crippen LogP contribution in [0.1, 0.15) is 28.4 Å². The number of anilines is 1. The number of nitrogens with zero attached hydrogens (tertiary/aromatic N) is 4. The van der Waals surface area contributed by atoms with E-state index in [2.05, 4.69) is 21.5 Å². The number of aromatic nitrogens is 3. The SMILES string of the molecule is CCSc1ncccc1C(=O)Nc1cnn(Cc2cccc(C#N)c2)c1. The Morgan fingerprint density at radius 1 is 1.35 bits per heavy atom. The molecule has 2 aromatic heterocycles. The number of pyridine rings is 1. The first-order valence-corrected chi connectivity index (χ1v) is 9.09. The Labute approximate surface area is 155 Å². The Hall–Kier alpha value is -3.11. The number of nitriles is 1. The maximum atomic E-state index is 12.5. The van der Waals surface area contributed by atoms with Crippen LogP contribution in [0.15, 0.2) is 60.0 Å². The molecule has 7 heteroatoms. The molecule has 0 fully saturated rings. The van der Waals surface area contributed by atoms with Crippen LogP contribution in [-0.4, -0.2) is 26.4 Å². The second-order valence-corrected chi connectivity index (χ2v) is 6.73. The van der Waals surface area contributed by atoms with E-state index in [1.165, 1.54) is 11.8 Å². The van der Waals surface area contributed by atoms with Crippen molar-refractivity contribution in [3.05, 3.63) is 71.7 Å². The third-order valence-corrected chi connectivity index (χ3v) is 4.48. The molecule has 2 heterocycles. The van der Waals surface area contributed by atoms with E-state index in [0.29, 0.717) is 28.4 Å². The van der Waals surface area contributed by atoms with E-state index in [1.807, 2.05) is 25.1 Å². The largest absolute Gasteiger partial charge is 0.319 e. The van der Waals surface area contributed by atoms with E-state index in [0.717, 1.165) is 11.3 Å². The maximum Gasteiger partial charge on any atom is 0.258 e. The van der Waals surface area contributed by atoms with Gasteiger partial charge < -0.3 is 5.32 Å². The monoisotopic (exact) mass is 363 g/mol. The lowest BCUT2D eigenvalue weighted by atomic mass is 10.1. The van der Waals surface area contributed by atoms with Crippen LogP contribution in [0.5, 0.6) is 0 Å². The molecule has 6 nitrogen and oxygen atoms in total. The van der Waals surface area contributed by atoms with Gasteiger partial charge in [0.15, 0.2) is 0 Å². The first-order valence-electron chi connectivity index (χ1n) is 8.10. The van der Waals surface area contributed by atoms with E-state index in [1.54, 1.807) is 41.5 Å². The van der Waals surface area contributed by atoms with Crippen LogP contribution in [0.3, 0.4) is 0 Å². The van der Waals surface area contributed by atoms with Crippen molar-refractivity contribution in [1.29, 1.82) is 5.26 Å². The molecular weight excluding hydrogens is 346 g/mol. The summed E-state index contributed by atoms with van der Waals surface area (Å²) in [5.41, 5.74) is 2.75. The van der Waals surface area contributed by atoms with E-state index in [9.17, 15) is 4.79 Å². The van der Waals surface area contributed by atoms with Gasteiger partial charge in [0.25, 0.3) is 5.91 Å². The first-order chi connectivity index (χ1) is 12.7. The Kier molecular flexibility index (Phi) is 5.66. The van der Waals surface area contributed by atoms with Crippen molar-refractivity contribution in [3.8, 4) is 6.07 Å². The highest BCUT2D eigenvalue weighted by molar-refractivity contribution is 7.99. The molecule has 1 N–H and O–H groups in total. The van der Waals surface area contributed by atoms with Crippen LogP contribution in [-0.2, 0) is 6.54 Å². The Morgan fingerprint density at radius 3 is 3.04 bits per heavy atom. The predicted octanol–water partition coefficient (Wildman–Crippen LogP) is 3.56. The average molecular weight is 363 g/mol. The molecule has 0 saturated carbocycles. The molecule has 130 valence electrons. The number of rotatable bonds is 6. The van der Waals surface area contributed by atoms with Crippen molar-refractivity contribution >= 4 is 23.4 Å². The van der Waals surface area contributed by atoms with E-state index < -0.39 is 0 Å². The van der Waals surface area contributed by atoms with Crippen LogP contribution in [0.25, 0.3) is 0 Å². The molecule has 1 aromatic carbocycles. The lowest BCUT2D eigenvalue weighted by molar-refractivity contribution is 0.102. The molecule has 0 bridgehead atoms. The summed E-state index contributed by atoms with van der Waals surface area (Å²) in [6.07, 6.45) is 5.05. The molecule has 3 rings (SSSR count). The van der Waals surface area contributed by atoms with Crippen molar-refractivity contribution in [3.63, 3.8) is 0 Å². The molecule has 3 aromatic rings. The zero-order chi connectivity index (χ0) is 18.4. The molecule has 0 radical (unpaired) electrons. The summed E-state index contributed by atoms with van der Waals surface area (Å²) in [6, 6.07) is 13.0. The van der Waals surface area contributed by atoms with Crippen molar-refractivity contribution in [2.24, 2.45) is 0 Å². The van der Waals surface area contributed by atoms with Crippen LogP contribution in [0.4, 0.5) is 5.69 Å². The molecule has 0 spiro atoms. The number of carbonyl (C=O) groups is 1. The quantitative estimate of drug-likeness (QED) is 0.677. The molecular formula is C19H17N5OS. The maximum absolute atomic E-state index is 12.5. The van der Waals surface area contributed by atoms with E-state index in [-0.39, 0.29) is 5.91 Å². The zero-order valence-electron chi connectivity index (χ0n) is 14.2. The fourth-order valence-corrected chi connectivity index (χ4v) is 3.18. The number of hydrogen-bond donors (Lipinski definition) is 1. The van der Waals surface area contributed by atoms with E-state index >= 15 is 0 Å². The highest BCUT2D eigenvalue weighted by atomic mass is 32.2. The lowest BCUT2D eigenvalue weighted by Crippen LogP contribution is -2.13. The van der Waals surface area contributed by atoms with E-state index in [4.69, 9.17) is 5.26 Å². The van der Waals surface area contributed by atoms with Gasteiger partial charge in [0, 0.05) is 12.4 Å². The number of amides is 1. The molecule has 0 atom stereocenters. The van der Waals surface area contributed by atoms with Gasteiger partial charge in [-0.25, -0.2) is 4.98 Å². The number of carbonyl (C=O) groups excluding carboxylic acids is 1. The third kappa shape index (κ3) is 4.29. The minimum atomic E-state index is -0.208. The van der Waals surface area contributed by atoms with Crippen molar-refractivity contribution < 1.29 is 4.79 Å². The van der Waals surface area contributed by atoms with Gasteiger partial charge in [0.2, 0.25) is 0 Å². The Balaban J connectivity index is 1.70. The summed E-state index contributed by atoms with van der Waals surface area (Å²) in [5.74, 6) is 0.636. The third-order valence-electron chi connectivity index (χ3n) is 3.59. The molecule has 0 aliphatic rings. The summed E-state index contributed by atoms with van der Waals surface area (Å²) < 4.78 is 1.72. The molecule has 0 aliphatic carbocycles. The summed E-state index contributed by atoms with van der Waals surface area (Å²) in [4.78, 5) is 16.8. The Bertz CT molecular complexity index is 960. The van der Waals surface area contributed by atoms with Gasteiger partial charge in [-0.05, 0) is 35.6 Å². The fraction of sp³-hybridized carbons (Fsp3) is 0.158. The average Bonchev–Trinajstić information content (AvgIpc) is 3.09. The number of nitrogens with one attached hydrogen (secondary N) is 1. The summed E-state index contributed by atoms with van der Waals surface area (Å²) in [7, 11) is 0. The number of hydrogen-bond acceptors (Lipinski definition) is 5. The smallest absolute Gasteiger partial charge is 0.258 e. The van der Waals surface area contributed by atoms with Gasteiger partial charge in [0.05, 0.1) is 35.6 Å². The van der Waals surface area contributed by atoms with Crippen LogP contribution in [0.2, 0.25) is 0 Å². The summed E-state index contributed by atoms with van der Waals surface area (Å²) in [6.45, 7) is 2.54. The number of benzene rings is 1. The number of thioether (sulfide) groups is 1. The molecule has 0 saturated heterocycles. The van der Waals surface area contributed by atoms with Gasteiger partial charge in [-0.1, -0.05) is 19.1 Å². The fourth-order valence-electron chi connectivity index (χ4n) is 2.45.